The number of anilines is 1. The van der Waals surface area contributed by atoms with E-state index in [9.17, 15) is 9.59 Å². The van der Waals surface area contributed by atoms with Crippen molar-refractivity contribution in [2.45, 2.75) is 6.92 Å². The number of nitrogens with zero attached hydrogens (tertiary/aromatic N) is 2. The Balaban J connectivity index is 1.81. The summed E-state index contributed by atoms with van der Waals surface area (Å²) in [5.74, 6) is 0.100. The number of fused-ring (bicyclic) bond motifs is 1. The predicted octanol–water partition coefficient (Wildman–Crippen LogP) is 3.84. The molecule has 0 spiro atoms. The van der Waals surface area contributed by atoms with E-state index >= 15 is 0 Å². The number of ether oxygens (including phenoxy) is 2. The van der Waals surface area contributed by atoms with Gasteiger partial charge < -0.3 is 23.7 Å². The molecule has 0 saturated carbocycles. The van der Waals surface area contributed by atoms with Crippen molar-refractivity contribution in [3.8, 4) is 17.2 Å². The van der Waals surface area contributed by atoms with Crippen LogP contribution in [-0.4, -0.2) is 36.2 Å². The molecule has 0 saturated heterocycles. The summed E-state index contributed by atoms with van der Waals surface area (Å²) in [5.41, 5.74) is 1.96. The molecule has 2 heterocycles. The molecule has 4 aromatic rings. The van der Waals surface area contributed by atoms with Gasteiger partial charge in [-0.1, -0.05) is 17.3 Å². The van der Waals surface area contributed by atoms with E-state index < -0.39 is 11.9 Å². The highest BCUT2D eigenvalue weighted by Gasteiger charge is 2.22. The summed E-state index contributed by atoms with van der Waals surface area (Å²) in [6.45, 7) is 1.69. The highest BCUT2D eigenvalue weighted by Crippen LogP contribution is 2.37. The van der Waals surface area contributed by atoms with E-state index in [0.717, 1.165) is 0 Å². The maximum Gasteiger partial charge on any atom is 0.340 e. The number of hydrogen-bond donors (Lipinski definition) is 1. The molecule has 0 bridgehead atoms. The lowest BCUT2D eigenvalue weighted by atomic mass is 10.1. The first-order valence-corrected chi connectivity index (χ1v) is 8.91. The molecule has 4 rings (SSSR count). The summed E-state index contributed by atoms with van der Waals surface area (Å²) < 4.78 is 21.0. The van der Waals surface area contributed by atoms with Crippen LogP contribution < -0.4 is 10.1 Å². The van der Waals surface area contributed by atoms with Crippen LogP contribution in [-0.2, 0) is 4.74 Å². The molecule has 2 aromatic heterocycles. The fourth-order valence-corrected chi connectivity index (χ4v) is 3.00. The summed E-state index contributed by atoms with van der Waals surface area (Å²) >= 11 is 0. The number of benzene rings is 2. The van der Waals surface area contributed by atoms with Crippen LogP contribution in [0.2, 0.25) is 0 Å². The third-order valence-electron chi connectivity index (χ3n) is 4.40. The Kier molecular flexibility index (Phi) is 4.93. The molecule has 0 aliphatic heterocycles. The molecule has 1 amide bonds. The predicted molar refractivity (Wildman–Crippen MR) is 107 cm³/mol. The minimum absolute atomic E-state index is 0.120. The van der Waals surface area contributed by atoms with Gasteiger partial charge >= 0.3 is 5.97 Å². The number of aryl methyl sites for hydroxylation is 1. The van der Waals surface area contributed by atoms with Crippen LogP contribution in [0.15, 0.2) is 51.4 Å². The Morgan fingerprint density at radius 3 is 2.60 bits per heavy atom. The summed E-state index contributed by atoms with van der Waals surface area (Å²) in [7, 11) is 2.78. The SMILES string of the molecule is COC(=O)c1cccc2oc(-c3cccc(OC)c3NC(=O)c3cc(C)on3)nc12. The molecular weight excluding hydrogens is 390 g/mol. The minimum Gasteiger partial charge on any atom is -0.495 e. The van der Waals surface area contributed by atoms with Gasteiger partial charge in [0.2, 0.25) is 5.89 Å². The van der Waals surface area contributed by atoms with Gasteiger partial charge in [0.25, 0.3) is 5.91 Å². The molecule has 0 aliphatic rings. The van der Waals surface area contributed by atoms with Gasteiger partial charge in [-0.3, -0.25) is 4.79 Å². The zero-order valence-electron chi connectivity index (χ0n) is 16.4. The molecule has 152 valence electrons. The lowest BCUT2D eigenvalue weighted by Crippen LogP contribution is -2.14. The van der Waals surface area contributed by atoms with Gasteiger partial charge in [-0.15, -0.1) is 0 Å². The Hall–Kier alpha value is -4.14. The average Bonchev–Trinajstić information content (AvgIpc) is 3.39. The number of para-hydroxylation sites is 2. The van der Waals surface area contributed by atoms with Crippen LogP contribution in [0.1, 0.15) is 26.6 Å². The number of methoxy groups -OCH3 is 2. The van der Waals surface area contributed by atoms with Crippen molar-refractivity contribution < 1.29 is 28.0 Å². The van der Waals surface area contributed by atoms with Gasteiger partial charge in [-0.25, -0.2) is 9.78 Å². The molecule has 1 N–H and O–H groups in total. The molecule has 0 aliphatic carbocycles. The molecular formula is C21H17N3O6. The zero-order chi connectivity index (χ0) is 21.3. The number of rotatable bonds is 5. The fourth-order valence-electron chi connectivity index (χ4n) is 3.00. The maximum atomic E-state index is 12.6. The third kappa shape index (κ3) is 3.37. The molecule has 9 heteroatoms. The maximum absolute atomic E-state index is 12.6. The first-order valence-electron chi connectivity index (χ1n) is 8.91. The number of aromatic nitrogens is 2. The minimum atomic E-state index is -0.527. The van der Waals surface area contributed by atoms with E-state index in [1.165, 1.54) is 20.3 Å². The van der Waals surface area contributed by atoms with Crippen LogP contribution in [0.5, 0.6) is 5.75 Å². The quantitative estimate of drug-likeness (QED) is 0.496. The lowest BCUT2D eigenvalue weighted by molar-refractivity contribution is 0.0602. The second kappa shape index (κ2) is 7.70. The second-order valence-corrected chi connectivity index (χ2v) is 6.32. The zero-order valence-corrected chi connectivity index (χ0v) is 16.4. The van der Waals surface area contributed by atoms with Gasteiger partial charge in [0, 0.05) is 6.07 Å². The highest BCUT2D eigenvalue weighted by atomic mass is 16.5. The molecule has 0 atom stereocenters. The lowest BCUT2D eigenvalue weighted by Gasteiger charge is -2.12. The van der Waals surface area contributed by atoms with E-state index in [1.807, 2.05) is 0 Å². The largest absolute Gasteiger partial charge is 0.495 e. The van der Waals surface area contributed by atoms with E-state index in [1.54, 1.807) is 43.3 Å². The summed E-state index contributed by atoms with van der Waals surface area (Å²) in [5, 5.41) is 6.50. The van der Waals surface area contributed by atoms with Crippen LogP contribution in [0, 0.1) is 6.92 Å². The topological polar surface area (TPSA) is 117 Å². The van der Waals surface area contributed by atoms with Crippen LogP contribution in [0.25, 0.3) is 22.6 Å². The third-order valence-corrected chi connectivity index (χ3v) is 4.40. The van der Waals surface area contributed by atoms with E-state index in [2.05, 4.69) is 15.5 Å². The molecule has 0 unspecified atom stereocenters. The van der Waals surface area contributed by atoms with Crippen molar-refractivity contribution in [2.24, 2.45) is 0 Å². The van der Waals surface area contributed by atoms with Crippen molar-refractivity contribution >= 4 is 28.7 Å². The number of oxazole rings is 1. The molecule has 0 fully saturated rings. The van der Waals surface area contributed by atoms with Crippen LogP contribution in [0.4, 0.5) is 5.69 Å². The van der Waals surface area contributed by atoms with Gasteiger partial charge in [0.1, 0.15) is 17.0 Å². The molecule has 2 aromatic carbocycles. The second-order valence-electron chi connectivity index (χ2n) is 6.32. The van der Waals surface area contributed by atoms with Gasteiger partial charge in [-0.05, 0) is 31.2 Å². The van der Waals surface area contributed by atoms with Crippen molar-refractivity contribution in [1.29, 1.82) is 0 Å². The number of esters is 1. The number of carbonyl (C=O) groups excluding carboxylic acids is 2. The monoisotopic (exact) mass is 407 g/mol. The van der Waals surface area contributed by atoms with Gasteiger partial charge in [0.15, 0.2) is 11.3 Å². The van der Waals surface area contributed by atoms with E-state index in [-0.39, 0.29) is 17.1 Å². The summed E-state index contributed by atoms with van der Waals surface area (Å²) in [4.78, 5) is 29.1. The van der Waals surface area contributed by atoms with Crippen LogP contribution >= 0.6 is 0 Å². The number of nitrogens with one attached hydrogen (secondary N) is 1. The smallest absolute Gasteiger partial charge is 0.340 e. The average molecular weight is 407 g/mol. The highest BCUT2D eigenvalue weighted by molar-refractivity contribution is 6.06. The Labute approximate surface area is 170 Å². The molecule has 30 heavy (non-hydrogen) atoms. The Bertz CT molecular complexity index is 1260. The fraction of sp³-hybridized carbons (Fsp3) is 0.143. The summed E-state index contributed by atoms with van der Waals surface area (Å²) in [6, 6.07) is 11.6. The first-order chi connectivity index (χ1) is 14.5. The molecule has 9 nitrogen and oxygen atoms in total. The van der Waals surface area contributed by atoms with Gasteiger partial charge in [-0.2, -0.15) is 0 Å². The molecule has 0 radical (unpaired) electrons. The number of carbonyl (C=O) groups is 2. The first kappa shape index (κ1) is 19.2. The number of amides is 1. The summed E-state index contributed by atoms with van der Waals surface area (Å²) in [6.07, 6.45) is 0. The van der Waals surface area contributed by atoms with Crippen molar-refractivity contribution in [2.75, 3.05) is 19.5 Å². The normalized spacial score (nSPS) is 10.8. The van der Waals surface area contributed by atoms with Gasteiger partial charge in [0.05, 0.1) is 31.0 Å². The van der Waals surface area contributed by atoms with Crippen molar-refractivity contribution in [3.05, 3.63) is 59.5 Å². The Morgan fingerprint density at radius 1 is 1.10 bits per heavy atom. The standard InChI is InChI=1S/C21H17N3O6/c1-11-10-14(24-30-11)19(25)22-17-12(6-4-8-15(17)27-2)20-23-18-13(21(26)28-3)7-5-9-16(18)29-20/h4-10H,1-3H3,(H,22,25). The van der Waals surface area contributed by atoms with Crippen molar-refractivity contribution in [3.63, 3.8) is 0 Å². The number of hydrogen-bond acceptors (Lipinski definition) is 8. The van der Waals surface area contributed by atoms with E-state index in [0.29, 0.717) is 33.9 Å². The van der Waals surface area contributed by atoms with E-state index in [4.69, 9.17) is 18.4 Å². The van der Waals surface area contributed by atoms with Crippen LogP contribution in [0.3, 0.4) is 0 Å². The van der Waals surface area contributed by atoms with Crippen molar-refractivity contribution in [1.82, 2.24) is 10.1 Å². The Morgan fingerprint density at radius 2 is 1.90 bits per heavy atom.